The van der Waals surface area contributed by atoms with Gasteiger partial charge in [-0.3, -0.25) is 0 Å². The normalized spacial score (nSPS) is 16.8. The van der Waals surface area contributed by atoms with Gasteiger partial charge in [-0.15, -0.1) is 0 Å². The van der Waals surface area contributed by atoms with Crippen LogP contribution in [0.3, 0.4) is 0 Å². The molecule has 0 radical (unpaired) electrons. The summed E-state index contributed by atoms with van der Waals surface area (Å²) in [6.45, 7) is 6.33. The first kappa shape index (κ1) is 15.8. The molecule has 0 aliphatic heterocycles. The van der Waals surface area contributed by atoms with Crippen molar-refractivity contribution in [3.05, 3.63) is 0 Å². The lowest BCUT2D eigenvalue weighted by Gasteiger charge is -2.31. The van der Waals surface area contributed by atoms with Crippen LogP contribution in [0.25, 0.3) is 0 Å². The number of carbonyl (C=O) groups is 2. The first-order chi connectivity index (χ1) is 8.77. The second-order valence-corrected chi connectivity index (χ2v) is 6.00. The standard InChI is InChI=1S/C13H24N2O4/c1-13(2,3)10(11(16)17)14-12(18)15(7-8-19-4)9-5-6-9/h9-10H,5-8H2,1-4H3,(H,14,18)(H,16,17)/t10-/m0/s1. The van der Waals surface area contributed by atoms with E-state index in [2.05, 4.69) is 5.32 Å². The molecule has 1 aliphatic rings. The smallest absolute Gasteiger partial charge is 0.326 e. The summed E-state index contributed by atoms with van der Waals surface area (Å²) < 4.78 is 4.98. The van der Waals surface area contributed by atoms with Gasteiger partial charge in [0.15, 0.2) is 0 Å². The third-order valence-electron chi connectivity index (χ3n) is 3.17. The number of hydrogen-bond acceptors (Lipinski definition) is 3. The zero-order valence-electron chi connectivity index (χ0n) is 12.1. The largest absolute Gasteiger partial charge is 0.480 e. The number of hydrogen-bond donors (Lipinski definition) is 2. The van der Waals surface area contributed by atoms with E-state index in [9.17, 15) is 14.7 Å². The zero-order valence-corrected chi connectivity index (χ0v) is 12.1. The number of rotatable bonds is 6. The second kappa shape index (κ2) is 6.23. The highest BCUT2D eigenvalue weighted by molar-refractivity contribution is 5.83. The molecule has 0 bridgehead atoms. The number of nitrogens with zero attached hydrogens (tertiary/aromatic N) is 1. The van der Waals surface area contributed by atoms with Crippen molar-refractivity contribution in [2.45, 2.75) is 45.7 Å². The van der Waals surface area contributed by atoms with Crippen molar-refractivity contribution < 1.29 is 19.4 Å². The molecule has 6 nitrogen and oxygen atoms in total. The number of ether oxygens (including phenoxy) is 1. The van der Waals surface area contributed by atoms with Crippen LogP contribution in [-0.2, 0) is 9.53 Å². The van der Waals surface area contributed by atoms with Crippen LogP contribution >= 0.6 is 0 Å². The maximum absolute atomic E-state index is 12.2. The first-order valence-corrected chi connectivity index (χ1v) is 6.56. The minimum absolute atomic E-state index is 0.226. The van der Waals surface area contributed by atoms with Gasteiger partial charge in [-0.2, -0.15) is 0 Å². The van der Waals surface area contributed by atoms with Crippen molar-refractivity contribution in [3.8, 4) is 0 Å². The quantitative estimate of drug-likeness (QED) is 0.764. The van der Waals surface area contributed by atoms with Crippen LogP contribution in [0.15, 0.2) is 0 Å². The third-order valence-corrected chi connectivity index (χ3v) is 3.17. The van der Waals surface area contributed by atoms with Crippen LogP contribution in [0, 0.1) is 5.41 Å². The summed E-state index contributed by atoms with van der Waals surface area (Å²) in [5, 5.41) is 11.8. The lowest BCUT2D eigenvalue weighted by atomic mass is 9.87. The second-order valence-electron chi connectivity index (χ2n) is 6.00. The molecule has 0 unspecified atom stereocenters. The number of nitrogens with one attached hydrogen (secondary N) is 1. The molecule has 110 valence electrons. The predicted octanol–water partition coefficient (Wildman–Crippen LogP) is 1.31. The molecule has 1 saturated carbocycles. The molecule has 1 rings (SSSR count). The maximum atomic E-state index is 12.2. The van der Waals surface area contributed by atoms with E-state index in [0.29, 0.717) is 13.2 Å². The van der Waals surface area contributed by atoms with Gasteiger partial charge in [0.05, 0.1) is 6.61 Å². The number of aliphatic carboxylic acids is 1. The van der Waals surface area contributed by atoms with Crippen molar-refractivity contribution in [2.75, 3.05) is 20.3 Å². The molecule has 19 heavy (non-hydrogen) atoms. The Morgan fingerprint density at radius 3 is 2.37 bits per heavy atom. The van der Waals surface area contributed by atoms with E-state index < -0.39 is 17.4 Å². The number of carbonyl (C=O) groups excluding carboxylic acids is 1. The Morgan fingerprint density at radius 2 is 2.00 bits per heavy atom. The molecule has 0 aromatic heterocycles. The monoisotopic (exact) mass is 272 g/mol. The summed E-state index contributed by atoms with van der Waals surface area (Å²) in [4.78, 5) is 25.1. The summed E-state index contributed by atoms with van der Waals surface area (Å²) in [6, 6.07) is -0.991. The third kappa shape index (κ3) is 4.70. The van der Waals surface area contributed by atoms with Gasteiger partial charge in [0.2, 0.25) is 0 Å². The minimum Gasteiger partial charge on any atom is -0.480 e. The Bertz CT molecular complexity index is 334. The molecule has 0 saturated heterocycles. The van der Waals surface area contributed by atoms with Gasteiger partial charge in [-0.1, -0.05) is 20.8 Å². The van der Waals surface area contributed by atoms with Crippen LogP contribution in [0.2, 0.25) is 0 Å². The number of amides is 2. The van der Waals surface area contributed by atoms with Crippen LogP contribution < -0.4 is 5.32 Å². The van der Waals surface area contributed by atoms with Gasteiger partial charge < -0.3 is 20.1 Å². The number of urea groups is 1. The molecule has 0 heterocycles. The highest BCUT2D eigenvalue weighted by Crippen LogP contribution is 2.27. The average molecular weight is 272 g/mol. The average Bonchev–Trinajstić information content (AvgIpc) is 3.08. The van der Waals surface area contributed by atoms with E-state index in [1.165, 1.54) is 0 Å². The maximum Gasteiger partial charge on any atom is 0.326 e. The van der Waals surface area contributed by atoms with Crippen LogP contribution in [0.1, 0.15) is 33.6 Å². The molecule has 0 aromatic rings. The number of carboxylic acids is 1. The summed E-state index contributed by atoms with van der Waals surface area (Å²) >= 11 is 0. The number of carboxylic acid groups (broad SMARTS) is 1. The van der Waals surface area contributed by atoms with Gasteiger partial charge in [-0.25, -0.2) is 9.59 Å². The van der Waals surface area contributed by atoms with E-state index in [1.807, 2.05) is 0 Å². The van der Waals surface area contributed by atoms with Gasteiger partial charge in [-0.05, 0) is 18.3 Å². The summed E-state index contributed by atoms with van der Waals surface area (Å²) in [5.74, 6) is -1.01. The van der Waals surface area contributed by atoms with Gasteiger partial charge in [0, 0.05) is 19.7 Å². The fourth-order valence-electron chi connectivity index (χ4n) is 1.88. The first-order valence-electron chi connectivity index (χ1n) is 6.56. The van der Waals surface area contributed by atoms with Crippen molar-refractivity contribution in [3.63, 3.8) is 0 Å². The van der Waals surface area contributed by atoms with Crippen molar-refractivity contribution >= 4 is 12.0 Å². The summed E-state index contributed by atoms with van der Waals surface area (Å²) in [6.07, 6.45) is 1.95. The van der Waals surface area contributed by atoms with Crippen molar-refractivity contribution in [2.24, 2.45) is 5.41 Å². The Kier molecular flexibility index (Phi) is 5.17. The topological polar surface area (TPSA) is 78.9 Å². The van der Waals surface area contributed by atoms with E-state index in [4.69, 9.17) is 4.74 Å². The molecular weight excluding hydrogens is 248 g/mol. The Balaban J connectivity index is 2.66. The highest BCUT2D eigenvalue weighted by Gasteiger charge is 2.37. The van der Waals surface area contributed by atoms with Crippen molar-refractivity contribution in [1.82, 2.24) is 10.2 Å². The molecule has 1 fully saturated rings. The van der Waals surface area contributed by atoms with Crippen LogP contribution in [-0.4, -0.2) is 54.4 Å². The molecule has 2 N–H and O–H groups in total. The molecule has 1 aliphatic carbocycles. The lowest BCUT2D eigenvalue weighted by Crippen LogP contribution is -2.54. The van der Waals surface area contributed by atoms with Gasteiger partial charge in [0.1, 0.15) is 6.04 Å². The Labute approximate surface area is 114 Å². The molecule has 6 heteroatoms. The zero-order chi connectivity index (χ0) is 14.6. The van der Waals surface area contributed by atoms with Crippen LogP contribution in [0.4, 0.5) is 4.79 Å². The number of methoxy groups -OCH3 is 1. The SMILES string of the molecule is COCCN(C(=O)N[C@@H](C(=O)O)C(C)(C)C)C1CC1. The van der Waals surface area contributed by atoms with E-state index in [0.717, 1.165) is 12.8 Å². The summed E-state index contributed by atoms with van der Waals surface area (Å²) in [7, 11) is 1.58. The van der Waals surface area contributed by atoms with E-state index in [1.54, 1.807) is 32.8 Å². The highest BCUT2D eigenvalue weighted by atomic mass is 16.5. The fourth-order valence-corrected chi connectivity index (χ4v) is 1.88. The predicted molar refractivity (Wildman–Crippen MR) is 71.0 cm³/mol. The fraction of sp³-hybridized carbons (Fsp3) is 0.846. The van der Waals surface area contributed by atoms with Crippen molar-refractivity contribution in [1.29, 1.82) is 0 Å². The molecular formula is C13H24N2O4. The minimum atomic E-state index is -1.01. The van der Waals surface area contributed by atoms with Crippen LogP contribution in [0.5, 0.6) is 0 Å². The van der Waals surface area contributed by atoms with Gasteiger partial charge >= 0.3 is 12.0 Å². The summed E-state index contributed by atoms with van der Waals surface area (Å²) in [5.41, 5.74) is -0.530. The van der Waals surface area contributed by atoms with E-state index in [-0.39, 0.29) is 12.1 Å². The Morgan fingerprint density at radius 1 is 1.42 bits per heavy atom. The Hall–Kier alpha value is -1.30. The molecule has 0 spiro atoms. The lowest BCUT2D eigenvalue weighted by molar-refractivity contribution is -0.142. The van der Waals surface area contributed by atoms with Gasteiger partial charge in [0.25, 0.3) is 0 Å². The molecule has 0 aromatic carbocycles. The molecule has 2 amide bonds. The van der Waals surface area contributed by atoms with E-state index >= 15 is 0 Å². The molecule has 1 atom stereocenters.